The molecule has 0 fully saturated rings. The molecule has 3 rings (SSSR count). The molecule has 0 spiro atoms. The number of rotatable bonds is 2. The van der Waals surface area contributed by atoms with Crippen LogP contribution in [0.15, 0.2) is 48.7 Å². The molecule has 0 unspecified atom stereocenters. The Morgan fingerprint density at radius 1 is 1.17 bits per heavy atom. The number of pyridine rings is 1. The third kappa shape index (κ3) is 1.95. The predicted molar refractivity (Wildman–Crippen MR) is 73.6 cm³/mol. The maximum absolute atomic E-state index is 5.91. The largest absolute Gasteiger partial charge is 0.385 e. The quantitative estimate of drug-likeness (QED) is 0.744. The Morgan fingerprint density at radius 3 is 2.78 bits per heavy atom. The molecule has 3 aromatic rings. The molecule has 0 amide bonds. The average molecular weight is 237 g/mol. The minimum atomic E-state index is 0.718. The van der Waals surface area contributed by atoms with Crippen LogP contribution in [-0.4, -0.2) is 9.38 Å². The van der Waals surface area contributed by atoms with Gasteiger partial charge in [-0.2, -0.15) is 0 Å². The summed E-state index contributed by atoms with van der Waals surface area (Å²) >= 11 is 0. The topological polar surface area (TPSA) is 43.3 Å². The Morgan fingerprint density at radius 2 is 2.00 bits per heavy atom. The van der Waals surface area contributed by atoms with Gasteiger partial charge < -0.3 is 5.73 Å². The summed E-state index contributed by atoms with van der Waals surface area (Å²) in [5.74, 6) is 0.718. The second-order valence-electron chi connectivity index (χ2n) is 4.58. The molecular weight excluding hydrogens is 222 g/mol. The van der Waals surface area contributed by atoms with Gasteiger partial charge in [-0.1, -0.05) is 35.9 Å². The number of nitrogen functional groups attached to an aromatic ring is 1. The van der Waals surface area contributed by atoms with Gasteiger partial charge in [0.15, 0.2) is 0 Å². The average Bonchev–Trinajstić information content (AvgIpc) is 2.73. The number of anilines is 1. The number of hydrogen-bond donors (Lipinski definition) is 1. The molecular formula is C15H15N3. The van der Waals surface area contributed by atoms with E-state index >= 15 is 0 Å². The zero-order chi connectivity index (χ0) is 12.5. The van der Waals surface area contributed by atoms with Gasteiger partial charge in [0.05, 0.1) is 5.69 Å². The zero-order valence-electron chi connectivity index (χ0n) is 10.3. The number of benzene rings is 1. The number of imidazole rings is 1. The molecule has 2 aromatic heterocycles. The molecule has 2 heterocycles. The van der Waals surface area contributed by atoms with E-state index in [2.05, 4.69) is 36.2 Å². The van der Waals surface area contributed by atoms with E-state index in [9.17, 15) is 0 Å². The molecule has 0 aliphatic rings. The predicted octanol–water partition coefficient (Wildman–Crippen LogP) is 2.82. The Balaban J connectivity index is 1.98. The van der Waals surface area contributed by atoms with Crippen LogP contribution in [0, 0.1) is 6.92 Å². The van der Waals surface area contributed by atoms with Gasteiger partial charge in [-0.05, 0) is 24.6 Å². The summed E-state index contributed by atoms with van der Waals surface area (Å²) in [5, 5.41) is 0. The highest BCUT2D eigenvalue weighted by Gasteiger charge is 2.04. The highest BCUT2D eigenvalue weighted by molar-refractivity contribution is 5.49. The van der Waals surface area contributed by atoms with Gasteiger partial charge in [0, 0.05) is 12.6 Å². The lowest BCUT2D eigenvalue weighted by atomic mass is 10.1. The molecule has 0 bridgehead atoms. The van der Waals surface area contributed by atoms with Crippen molar-refractivity contribution in [3.05, 3.63) is 65.5 Å². The first-order valence-corrected chi connectivity index (χ1v) is 6.00. The van der Waals surface area contributed by atoms with Gasteiger partial charge in [-0.15, -0.1) is 0 Å². The lowest BCUT2D eigenvalue weighted by Gasteiger charge is -1.99. The van der Waals surface area contributed by atoms with Crippen molar-refractivity contribution < 1.29 is 0 Å². The minimum Gasteiger partial charge on any atom is -0.385 e. The summed E-state index contributed by atoms with van der Waals surface area (Å²) in [5.41, 5.74) is 10.4. The molecule has 1 aromatic carbocycles. The smallest absolute Gasteiger partial charge is 0.138 e. The van der Waals surface area contributed by atoms with Crippen molar-refractivity contribution in [2.45, 2.75) is 13.3 Å². The van der Waals surface area contributed by atoms with Gasteiger partial charge >= 0.3 is 0 Å². The summed E-state index contributed by atoms with van der Waals surface area (Å²) in [6.07, 6.45) is 2.84. The number of aromatic nitrogens is 2. The van der Waals surface area contributed by atoms with Crippen molar-refractivity contribution >= 4 is 11.5 Å². The van der Waals surface area contributed by atoms with Crippen molar-refractivity contribution in [1.29, 1.82) is 0 Å². The maximum atomic E-state index is 5.91. The lowest BCUT2D eigenvalue weighted by Crippen LogP contribution is -1.93. The number of fused-ring (bicyclic) bond motifs is 1. The van der Waals surface area contributed by atoms with Gasteiger partial charge in [-0.25, -0.2) is 4.98 Å². The second-order valence-corrected chi connectivity index (χ2v) is 4.58. The first kappa shape index (κ1) is 10.8. The Labute approximate surface area is 106 Å². The summed E-state index contributed by atoms with van der Waals surface area (Å²) in [4.78, 5) is 4.58. The molecule has 3 heteroatoms. The molecule has 0 saturated heterocycles. The first-order chi connectivity index (χ1) is 8.72. The van der Waals surface area contributed by atoms with Crippen LogP contribution in [-0.2, 0) is 6.42 Å². The molecule has 0 aliphatic heterocycles. The minimum absolute atomic E-state index is 0.718. The van der Waals surface area contributed by atoms with Crippen LogP contribution >= 0.6 is 0 Å². The van der Waals surface area contributed by atoms with Crippen molar-refractivity contribution in [2.75, 3.05) is 5.73 Å². The zero-order valence-corrected chi connectivity index (χ0v) is 10.3. The van der Waals surface area contributed by atoms with Gasteiger partial charge in [0.1, 0.15) is 11.5 Å². The summed E-state index contributed by atoms with van der Waals surface area (Å²) < 4.78 is 1.92. The normalized spacial score (nSPS) is 10.9. The van der Waals surface area contributed by atoms with Crippen LogP contribution < -0.4 is 5.73 Å². The molecule has 0 saturated carbocycles. The van der Waals surface area contributed by atoms with E-state index in [-0.39, 0.29) is 0 Å². The van der Waals surface area contributed by atoms with E-state index in [1.165, 1.54) is 11.1 Å². The third-order valence-corrected chi connectivity index (χ3v) is 3.04. The molecule has 2 N–H and O–H groups in total. The van der Waals surface area contributed by atoms with E-state index in [1.54, 1.807) is 0 Å². The molecule has 3 nitrogen and oxygen atoms in total. The van der Waals surface area contributed by atoms with Crippen molar-refractivity contribution in [2.24, 2.45) is 0 Å². The fourth-order valence-corrected chi connectivity index (χ4v) is 2.20. The van der Waals surface area contributed by atoms with Crippen LogP contribution in [0.5, 0.6) is 0 Å². The first-order valence-electron chi connectivity index (χ1n) is 6.00. The summed E-state index contributed by atoms with van der Waals surface area (Å²) in [7, 11) is 0. The Kier molecular flexibility index (Phi) is 2.52. The summed E-state index contributed by atoms with van der Waals surface area (Å²) in [6.45, 7) is 2.10. The molecule has 90 valence electrons. The van der Waals surface area contributed by atoms with Crippen LogP contribution in [0.1, 0.15) is 16.8 Å². The molecule has 0 radical (unpaired) electrons. The van der Waals surface area contributed by atoms with E-state index in [0.29, 0.717) is 0 Å². The van der Waals surface area contributed by atoms with E-state index in [0.717, 1.165) is 23.6 Å². The van der Waals surface area contributed by atoms with Crippen LogP contribution in [0.25, 0.3) is 5.65 Å². The van der Waals surface area contributed by atoms with Crippen molar-refractivity contribution in [3.63, 3.8) is 0 Å². The van der Waals surface area contributed by atoms with Gasteiger partial charge in [-0.3, -0.25) is 4.40 Å². The number of nitrogens with zero attached hydrogens (tertiary/aromatic N) is 2. The second kappa shape index (κ2) is 4.18. The SMILES string of the molecule is Cc1cccc(Cc2cn3c(N)cccc3n2)c1. The van der Waals surface area contributed by atoms with E-state index < -0.39 is 0 Å². The van der Waals surface area contributed by atoms with Crippen LogP contribution in [0.2, 0.25) is 0 Å². The standard InChI is InChI=1S/C15H15N3/c1-11-4-2-5-12(8-11)9-13-10-18-14(16)6-3-7-15(18)17-13/h2-8,10H,9,16H2,1H3. The fourth-order valence-electron chi connectivity index (χ4n) is 2.20. The van der Waals surface area contributed by atoms with E-state index in [4.69, 9.17) is 5.73 Å². The number of nitrogens with two attached hydrogens (primary N) is 1. The molecule has 0 atom stereocenters. The Hall–Kier alpha value is -2.29. The van der Waals surface area contributed by atoms with Crippen molar-refractivity contribution in [3.8, 4) is 0 Å². The third-order valence-electron chi connectivity index (χ3n) is 3.04. The molecule has 0 aliphatic carbocycles. The van der Waals surface area contributed by atoms with Crippen LogP contribution in [0.4, 0.5) is 5.82 Å². The highest BCUT2D eigenvalue weighted by Crippen LogP contribution is 2.14. The van der Waals surface area contributed by atoms with Crippen LogP contribution in [0.3, 0.4) is 0 Å². The fraction of sp³-hybridized carbons (Fsp3) is 0.133. The number of hydrogen-bond acceptors (Lipinski definition) is 2. The monoisotopic (exact) mass is 237 g/mol. The molecule has 18 heavy (non-hydrogen) atoms. The Bertz CT molecular complexity index is 698. The number of aryl methyl sites for hydroxylation is 1. The summed E-state index contributed by atoms with van der Waals surface area (Å²) in [6, 6.07) is 14.3. The lowest BCUT2D eigenvalue weighted by molar-refractivity contribution is 1.11. The van der Waals surface area contributed by atoms with Gasteiger partial charge in [0.2, 0.25) is 0 Å². The van der Waals surface area contributed by atoms with Gasteiger partial charge in [0.25, 0.3) is 0 Å². The van der Waals surface area contributed by atoms with Crippen molar-refractivity contribution in [1.82, 2.24) is 9.38 Å². The maximum Gasteiger partial charge on any atom is 0.138 e. The highest BCUT2D eigenvalue weighted by atomic mass is 15.0. The van der Waals surface area contributed by atoms with E-state index in [1.807, 2.05) is 28.8 Å².